The third kappa shape index (κ3) is 4.68. The average Bonchev–Trinajstić information content (AvgIpc) is 2.46. The highest BCUT2D eigenvalue weighted by Gasteiger charge is 2.23. The zero-order valence-electron chi connectivity index (χ0n) is 12.2. The van der Waals surface area contributed by atoms with Crippen LogP contribution in [-0.2, 0) is 0 Å². The number of urea groups is 1. The average molecular weight is 267 g/mol. The summed E-state index contributed by atoms with van der Waals surface area (Å²) in [6.07, 6.45) is 9.89. The molecule has 19 heavy (non-hydrogen) atoms. The Bertz CT molecular complexity index is 277. The first-order valence-corrected chi connectivity index (χ1v) is 8.07. The van der Waals surface area contributed by atoms with Crippen LogP contribution in [0.25, 0.3) is 0 Å². The number of rotatable bonds is 4. The van der Waals surface area contributed by atoms with Crippen molar-refractivity contribution in [2.45, 2.75) is 70.4 Å². The van der Waals surface area contributed by atoms with E-state index >= 15 is 0 Å². The molecule has 0 radical (unpaired) electrons. The maximum absolute atomic E-state index is 11.9. The topological polar surface area (TPSA) is 53.2 Å². The minimum Gasteiger partial charge on any atom is -0.337 e. The predicted molar refractivity (Wildman–Crippen MR) is 78.2 cm³/mol. The molecule has 2 fully saturated rings. The zero-order chi connectivity index (χ0) is 13.5. The molecule has 1 saturated carbocycles. The second-order valence-corrected chi connectivity index (χ2v) is 6.06. The molecule has 2 amide bonds. The minimum atomic E-state index is 0.0223. The Labute approximate surface area is 117 Å². The van der Waals surface area contributed by atoms with Crippen molar-refractivity contribution in [1.82, 2.24) is 16.0 Å². The fourth-order valence-electron chi connectivity index (χ4n) is 3.43. The molecule has 1 aliphatic heterocycles. The van der Waals surface area contributed by atoms with Gasteiger partial charge in [0.05, 0.1) is 0 Å². The molecule has 0 aromatic rings. The summed E-state index contributed by atoms with van der Waals surface area (Å²) in [4.78, 5) is 11.9. The van der Waals surface area contributed by atoms with Gasteiger partial charge in [-0.3, -0.25) is 0 Å². The van der Waals surface area contributed by atoms with Gasteiger partial charge >= 0.3 is 6.03 Å². The van der Waals surface area contributed by atoms with Gasteiger partial charge in [-0.15, -0.1) is 0 Å². The molecule has 4 heteroatoms. The number of amides is 2. The largest absolute Gasteiger partial charge is 0.337 e. The van der Waals surface area contributed by atoms with E-state index in [1.54, 1.807) is 0 Å². The quantitative estimate of drug-likeness (QED) is 0.732. The molecule has 2 atom stereocenters. The second kappa shape index (κ2) is 7.73. The van der Waals surface area contributed by atoms with Gasteiger partial charge in [-0.05, 0) is 38.1 Å². The number of hydrogen-bond acceptors (Lipinski definition) is 2. The van der Waals surface area contributed by atoms with Crippen molar-refractivity contribution in [3.05, 3.63) is 0 Å². The van der Waals surface area contributed by atoms with Crippen LogP contribution in [0.1, 0.15) is 58.3 Å². The molecular formula is C15H29N3O. The zero-order valence-corrected chi connectivity index (χ0v) is 12.2. The maximum atomic E-state index is 11.9. The molecule has 0 aromatic heterocycles. The van der Waals surface area contributed by atoms with E-state index in [-0.39, 0.29) is 6.03 Å². The summed E-state index contributed by atoms with van der Waals surface area (Å²) in [6.45, 7) is 4.09. The Balaban J connectivity index is 1.67. The number of nitrogens with one attached hydrogen (secondary N) is 3. The van der Waals surface area contributed by atoms with Gasteiger partial charge < -0.3 is 16.0 Å². The summed E-state index contributed by atoms with van der Waals surface area (Å²) >= 11 is 0. The third-order valence-corrected chi connectivity index (χ3v) is 4.67. The van der Waals surface area contributed by atoms with E-state index in [0.29, 0.717) is 18.0 Å². The Morgan fingerprint density at radius 3 is 2.68 bits per heavy atom. The monoisotopic (exact) mass is 267 g/mol. The summed E-state index contributed by atoms with van der Waals surface area (Å²) in [5.41, 5.74) is 0. The van der Waals surface area contributed by atoms with E-state index in [4.69, 9.17) is 0 Å². The van der Waals surface area contributed by atoms with Gasteiger partial charge in [-0.1, -0.05) is 32.6 Å². The van der Waals surface area contributed by atoms with Gasteiger partial charge in [0.15, 0.2) is 0 Å². The predicted octanol–water partition coefficient (Wildman–Crippen LogP) is 2.40. The fourth-order valence-corrected chi connectivity index (χ4v) is 3.43. The van der Waals surface area contributed by atoms with E-state index in [9.17, 15) is 4.79 Å². The standard InChI is InChI=1S/C15H29N3O/c1-2-12-7-6-10-16-14(12)11-17-15(19)18-13-8-4-3-5-9-13/h12-14,16H,2-11H2,1H3,(H2,17,18,19). The molecule has 3 N–H and O–H groups in total. The lowest BCUT2D eigenvalue weighted by Crippen LogP contribution is -2.51. The fraction of sp³-hybridized carbons (Fsp3) is 0.933. The van der Waals surface area contributed by atoms with Crippen molar-refractivity contribution in [3.63, 3.8) is 0 Å². The first-order chi connectivity index (χ1) is 9.29. The number of carbonyl (C=O) groups excluding carboxylic acids is 1. The van der Waals surface area contributed by atoms with Gasteiger partial charge in [-0.2, -0.15) is 0 Å². The Morgan fingerprint density at radius 1 is 1.16 bits per heavy atom. The molecule has 110 valence electrons. The van der Waals surface area contributed by atoms with Gasteiger partial charge in [-0.25, -0.2) is 4.79 Å². The van der Waals surface area contributed by atoms with Gasteiger partial charge in [0.25, 0.3) is 0 Å². The smallest absolute Gasteiger partial charge is 0.315 e. The Kier molecular flexibility index (Phi) is 5.95. The number of piperidine rings is 1. The first-order valence-electron chi connectivity index (χ1n) is 8.07. The Morgan fingerprint density at radius 2 is 1.95 bits per heavy atom. The van der Waals surface area contributed by atoms with Gasteiger partial charge in [0, 0.05) is 18.6 Å². The molecule has 1 saturated heterocycles. The van der Waals surface area contributed by atoms with Crippen LogP contribution in [0.4, 0.5) is 4.79 Å². The highest BCUT2D eigenvalue weighted by molar-refractivity contribution is 5.74. The molecule has 1 heterocycles. The van der Waals surface area contributed by atoms with Gasteiger partial charge in [0.1, 0.15) is 0 Å². The van der Waals surface area contributed by atoms with Crippen molar-refractivity contribution in [1.29, 1.82) is 0 Å². The van der Waals surface area contributed by atoms with Crippen molar-refractivity contribution in [3.8, 4) is 0 Å². The molecule has 0 aromatic carbocycles. The molecule has 4 nitrogen and oxygen atoms in total. The van der Waals surface area contributed by atoms with Crippen LogP contribution in [0.2, 0.25) is 0 Å². The summed E-state index contributed by atoms with van der Waals surface area (Å²) < 4.78 is 0. The lowest BCUT2D eigenvalue weighted by Gasteiger charge is -2.32. The number of carbonyl (C=O) groups is 1. The highest BCUT2D eigenvalue weighted by atomic mass is 16.2. The Hall–Kier alpha value is -0.770. The van der Waals surface area contributed by atoms with Crippen LogP contribution in [-0.4, -0.2) is 31.2 Å². The summed E-state index contributed by atoms with van der Waals surface area (Å²) in [7, 11) is 0. The van der Waals surface area contributed by atoms with Crippen LogP contribution in [0.3, 0.4) is 0 Å². The van der Waals surface area contributed by atoms with Crippen LogP contribution in [0, 0.1) is 5.92 Å². The SMILES string of the molecule is CCC1CCCNC1CNC(=O)NC1CCCCC1. The molecule has 2 unspecified atom stereocenters. The third-order valence-electron chi connectivity index (χ3n) is 4.67. The molecule has 0 spiro atoms. The van der Waals surface area contributed by atoms with Crippen LogP contribution < -0.4 is 16.0 Å². The van der Waals surface area contributed by atoms with Crippen molar-refractivity contribution < 1.29 is 4.79 Å². The number of hydrogen-bond donors (Lipinski definition) is 3. The first kappa shape index (κ1) is 14.6. The summed E-state index contributed by atoms with van der Waals surface area (Å²) in [5, 5.41) is 9.70. The van der Waals surface area contributed by atoms with E-state index in [0.717, 1.165) is 25.9 Å². The van der Waals surface area contributed by atoms with E-state index in [2.05, 4.69) is 22.9 Å². The van der Waals surface area contributed by atoms with Crippen molar-refractivity contribution >= 4 is 6.03 Å². The lowest BCUT2D eigenvalue weighted by molar-refractivity contribution is 0.223. The summed E-state index contributed by atoms with van der Waals surface area (Å²) in [5.74, 6) is 0.712. The maximum Gasteiger partial charge on any atom is 0.315 e. The lowest BCUT2D eigenvalue weighted by atomic mass is 9.89. The van der Waals surface area contributed by atoms with Crippen molar-refractivity contribution in [2.75, 3.05) is 13.1 Å². The highest BCUT2D eigenvalue weighted by Crippen LogP contribution is 2.19. The summed E-state index contributed by atoms with van der Waals surface area (Å²) in [6, 6.07) is 0.875. The van der Waals surface area contributed by atoms with E-state index in [1.807, 2.05) is 0 Å². The second-order valence-electron chi connectivity index (χ2n) is 6.06. The molecule has 0 bridgehead atoms. The van der Waals surface area contributed by atoms with E-state index < -0.39 is 0 Å². The molecule has 1 aliphatic carbocycles. The van der Waals surface area contributed by atoms with Crippen molar-refractivity contribution in [2.24, 2.45) is 5.92 Å². The van der Waals surface area contributed by atoms with Crippen LogP contribution >= 0.6 is 0 Å². The van der Waals surface area contributed by atoms with Crippen LogP contribution in [0.15, 0.2) is 0 Å². The van der Waals surface area contributed by atoms with E-state index in [1.165, 1.54) is 38.5 Å². The molecule has 2 aliphatic rings. The normalized spacial score (nSPS) is 28.9. The molecular weight excluding hydrogens is 238 g/mol. The van der Waals surface area contributed by atoms with Gasteiger partial charge in [0.2, 0.25) is 0 Å². The minimum absolute atomic E-state index is 0.0223. The van der Waals surface area contributed by atoms with Crippen LogP contribution in [0.5, 0.6) is 0 Å². The molecule has 2 rings (SSSR count).